The Kier molecular flexibility index (Phi) is 6.25. The molecule has 32 heavy (non-hydrogen) atoms. The van der Waals surface area contributed by atoms with Gasteiger partial charge in [0, 0.05) is 18.0 Å². The second-order valence-electron chi connectivity index (χ2n) is 8.45. The topological polar surface area (TPSA) is 137 Å². The zero-order valence-corrected chi connectivity index (χ0v) is 18.1. The molecule has 0 spiro atoms. The van der Waals surface area contributed by atoms with Crippen LogP contribution in [0.15, 0.2) is 41.6 Å². The van der Waals surface area contributed by atoms with Gasteiger partial charge in [0.25, 0.3) is 5.91 Å². The van der Waals surface area contributed by atoms with Gasteiger partial charge in [0.05, 0.1) is 11.6 Å². The largest absolute Gasteiger partial charge is 0.365 e. The molecule has 9 nitrogen and oxygen atoms in total. The molecule has 0 saturated heterocycles. The van der Waals surface area contributed by atoms with Crippen molar-refractivity contribution in [3.05, 3.63) is 53.9 Å². The lowest BCUT2D eigenvalue weighted by Crippen LogP contribution is -2.32. The standard InChI is InChI=1S/C23H26N6O3/c1-13-3-5-15(6-4-13)19(21-17(22(24)30)11-32-29-21)23(31)28-18-8-7-16(10-26-18)20-14(2)9-25-12-27-20/h7-13,15,19H,3-6H2,1-2H3,(H2,24,30)(H,26,28,31)/t13?,15?,19-/m0/s1. The molecule has 3 aromatic heterocycles. The summed E-state index contributed by atoms with van der Waals surface area (Å²) in [5.41, 5.74) is 8.48. The Hall–Kier alpha value is -3.62. The molecule has 1 saturated carbocycles. The highest BCUT2D eigenvalue weighted by Gasteiger charge is 2.37. The third kappa shape index (κ3) is 4.51. The number of primary amides is 1. The number of pyridine rings is 1. The van der Waals surface area contributed by atoms with E-state index < -0.39 is 11.8 Å². The minimum absolute atomic E-state index is 0.0392. The molecule has 0 unspecified atom stereocenters. The molecule has 0 bridgehead atoms. The van der Waals surface area contributed by atoms with Crippen LogP contribution in [0.2, 0.25) is 0 Å². The number of aryl methyl sites for hydroxylation is 1. The molecule has 166 valence electrons. The van der Waals surface area contributed by atoms with E-state index in [9.17, 15) is 9.59 Å². The highest BCUT2D eigenvalue weighted by Crippen LogP contribution is 2.39. The SMILES string of the molecule is Cc1cncnc1-c1ccc(NC(=O)[C@H](c2nocc2C(N)=O)C2CCC(C)CC2)nc1. The van der Waals surface area contributed by atoms with E-state index in [-0.39, 0.29) is 17.4 Å². The molecule has 3 N–H and O–H groups in total. The summed E-state index contributed by atoms with van der Waals surface area (Å²) in [5, 5.41) is 6.87. The molecule has 1 fully saturated rings. The molecule has 0 radical (unpaired) electrons. The van der Waals surface area contributed by atoms with Gasteiger partial charge >= 0.3 is 0 Å². The van der Waals surface area contributed by atoms with Crippen molar-refractivity contribution in [2.24, 2.45) is 17.6 Å². The van der Waals surface area contributed by atoms with Gasteiger partial charge in [-0.3, -0.25) is 9.59 Å². The van der Waals surface area contributed by atoms with Gasteiger partial charge in [0.15, 0.2) is 0 Å². The van der Waals surface area contributed by atoms with Crippen LogP contribution in [0.3, 0.4) is 0 Å². The van der Waals surface area contributed by atoms with Crippen molar-refractivity contribution in [3.63, 3.8) is 0 Å². The smallest absolute Gasteiger partial charge is 0.253 e. The first-order valence-electron chi connectivity index (χ1n) is 10.7. The monoisotopic (exact) mass is 434 g/mol. The van der Waals surface area contributed by atoms with E-state index in [4.69, 9.17) is 10.3 Å². The van der Waals surface area contributed by atoms with Crippen molar-refractivity contribution in [2.75, 3.05) is 5.32 Å². The Morgan fingerprint density at radius 3 is 2.59 bits per heavy atom. The number of nitrogens with zero attached hydrogens (tertiary/aromatic N) is 4. The molecule has 1 atom stereocenters. The van der Waals surface area contributed by atoms with Crippen molar-refractivity contribution in [2.45, 2.75) is 45.4 Å². The van der Waals surface area contributed by atoms with Crippen LogP contribution in [0.25, 0.3) is 11.3 Å². The summed E-state index contributed by atoms with van der Waals surface area (Å²) in [7, 11) is 0. The van der Waals surface area contributed by atoms with Gasteiger partial charge in [0.1, 0.15) is 29.7 Å². The number of nitrogens with one attached hydrogen (secondary N) is 1. The molecule has 3 aromatic rings. The maximum Gasteiger partial charge on any atom is 0.253 e. The fraction of sp³-hybridized carbons (Fsp3) is 0.391. The normalized spacial score (nSPS) is 19.3. The summed E-state index contributed by atoms with van der Waals surface area (Å²) >= 11 is 0. The number of rotatable bonds is 6. The van der Waals surface area contributed by atoms with Gasteiger partial charge in [0.2, 0.25) is 5.91 Å². The number of hydrogen-bond acceptors (Lipinski definition) is 7. The lowest BCUT2D eigenvalue weighted by atomic mass is 9.74. The molecule has 0 aliphatic heterocycles. The zero-order chi connectivity index (χ0) is 22.7. The van der Waals surface area contributed by atoms with Crippen LogP contribution in [0.5, 0.6) is 0 Å². The van der Waals surface area contributed by atoms with E-state index in [0.29, 0.717) is 17.4 Å². The van der Waals surface area contributed by atoms with Crippen LogP contribution >= 0.6 is 0 Å². The van der Waals surface area contributed by atoms with Crippen LogP contribution in [0.1, 0.15) is 60.1 Å². The van der Waals surface area contributed by atoms with Crippen LogP contribution in [-0.2, 0) is 4.79 Å². The molecule has 1 aliphatic rings. The van der Waals surface area contributed by atoms with Gasteiger partial charge in [-0.25, -0.2) is 15.0 Å². The molecular formula is C23H26N6O3. The number of nitrogens with two attached hydrogens (primary N) is 1. The van der Waals surface area contributed by atoms with Crippen molar-refractivity contribution in [1.82, 2.24) is 20.1 Å². The number of amides is 2. The predicted octanol–water partition coefficient (Wildman–Crippen LogP) is 3.48. The maximum absolute atomic E-state index is 13.4. The highest BCUT2D eigenvalue weighted by molar-refractivity contribution is 5.99. The summed E-state index contributed by atoms with van der Waals surface area (Å²) in [6.45, 7) is 4.13. The Bertz CT molecular complexity index is 1100. The van der Waals surface area contributed by atoms with Crippen molar-refractivity contribution in [1.29, 1.82) is 0 Å². The summed E-state index contributed by atoms with van der Waals surface area (Å²) in [6, 6.07) is 3.58. The maximum atomic E-state index is 13.4. The fourth-order valence-electron chi connectivity index (χ4n) is 4.35. The van der Waals surface area contributed by atoms with Crippen molar-refractivity contribution >= 4 is 17.6 Å². The Morgan fingerprint density at radius 1 is 1.16 bits per heavy atom. The third-order valence-electron chi connectivity index (χ3n) is 6.16. The van der Waals surface area contributed by atoms with Gasteiger partial charge in [-0.2, -0.15) is 0 Å². The minimum atomic E-state index is -0.661. The third-order valence-corrected chi connectivity index (χ3v) is 6.16. The van der Waals surface area contributed by atoms with Crippen molar-refractivity contribution < 1.29 is 14.1 Å². The molecule has 0 aromatic carbocycles. The van der Waals surface area contributed by atoms with Crippen molar-refractivity contribution in [3.8, 4) is 11.3 Å². The van der Waals surface area contributed by atoms with Crippen LogP contribution in [-0.4, -0.2) is 31.9 Å². The number of aromatic nitrogens is 4. The predicted molar refractivity (Wildman–Crippen MR) is 118 cm³/mol. The van der Waals surface area contributed by atoms with E-state index in [1.165, 1.54) is 12.6 Å². The van der Waals surface area contributed by atoms with Gasteiger partial charge in [-0.1, -0.05) is 24.9 Å². The van der Waals surface area contributed by atoms with E-state index in [2.05, 4.69) is 32.3 Å². The first-order chi connectivity index (χ1) is 15.4. The van der Waals surface area contributed by atoms with Crippen LogP contribution in [0.4, 0.5) is 5.82 Å². The first kappa shape index (κ1) is 21.6. The average molecular weight is 435 g/mol. The van der Waals surface area contributed by atoms with Gasteiger partial charge in [-0.05, 0) is 49.3 Å². The number of carbonyl (C=O) groups excluding carboxylic acids is 2. The fourth-order valence-corrected chi connectivity index (χ4v) is 4.35. The number of hydrogen-bond donors (Lipinski definition) is 2. The minimum Gasteiger partial charge on any atom is -0.365 e. The Balaban J connectivity index is 1.58. The average Bonchev–Trinajstić information content (AvgIpc) is 3.26. The summed E-state index contributed by atoms with van der Waals surface area (Å²) in [5.74, 6) is -0.525. The van der Waals surface area contributed by atoms with E-state index in [1.807, 2.05) is 13.0 Å². The van der Waals surface area contributed by atoms with Gasteiger partial charge < -0.3 is 15.6 Å². The Morgan fingerprint density at radius 2 is 1.94 bits per heavy atom. The molecule has 2 amide bonds. The lowest BCUT2D eigenvalue weighted by Gasteiger charge is -2.31. The zero-order valence-electron chi connectivity index (χ0n) is 18.1. The van der Waals surface area contributed by atoms with Crippen LogP contribution < -0.4 is 11.1 Å². The van der Waals surface area contributed by atoms with Gasteiger partial charge in [-0.15, -0.1) is 0 Å². The molecular weight excluding hydrogens is 408 g/mol. The summed E-state index contributed by atoms with van der Waals surface area (Å²) in [4.78, 5) is 37.9. The number of carbonyl (C=O) groups is 2. The summed E-state index contributed by atoms with van der Waals surface area (Å²) < 4.78 is 5.02. The number of anilines is 1. The van der Waals surface area contributed by atoms with E-state index >= 15 is 0 Å². The Labute approximate surface area is 185 Å². The molecule has 1 aliphatic carbocycles. The molecule has 4 rings (SSSR count). The van der Waals surface area contributed by atoms with E-state index in [1.54, 1.807) is 18.5 Å². The second-order valence-corrected chi connectivity index (χ2v) is 8.45. The molecule has 9 heteroatoms. The first-order valence-corrected chi connectivity index (χ1v) is 10.7. The lowest BCUT2D eigenvalue weighted by molar-refractivity contribution is -0.119. The quantitative estimate of drug-likeness (QED) is 0.606. The molecule has 3 heterocycles. The van der Waals surface area contributed by atoms with E-state index in [0.717, 1.165) is 42.5 Å². The van der Waals surface area contributed by atoms with Crippen LogP contribution in [0, 0.1) is 18.8 Å². The summed E-state index contributed by atoms with van der Waals surface area (Å²) in [6.07, 6.45) is 9.86. The second kappa shape index (κ2) is 9.25. The highest BCUT2D eigenvalue weighted by atomic mass is 16.5.